The number of aromatic nitrogens is 3. The van der Waals surface area contributed by atoms with E-state index in [0.717, 1.165) is 17.2 Å². The molecule has 0 unspecified atom stereocenters. The molecular weight excluding hydrogens is 326 g/mol. The van der Waals surface area contributed by atoms with Gasteiger partial charge in [-0.05, 0) is 19.5 Å². The molecule has 2 aromatic heterocycles. The minimum absolute atomic E-state index is 0.0871. The van der Waals surface area contributed by atoms with Crippen LogP contribution in [0.25, 0.3) is 10.8 Å². The number of hydrogen-bond donors (Lipinski definition) is 2. The molecule has 2 N–H and O–H groups in total. The van der Waals surface area contributed by atoms with Gasteiger partial charge in [0.2, 0.25) is 5.91 Å². The molecule has 2 aromatic rings. The number of likely N-dealkylation sites (tertiary alicyclic amines) is 1. The maximum absolute atomic E-state index is 12.2. The Balaban J connectivity index is 1.50. The van der Waals surface area contributed by atoms with Crippen molar-refractivity contribution in [2.45, 2.75) is 18.9 Å². The van der Waals surface area contributed by atoms with Gasteiger partial charge in [-0.25, -0.2) is 15.0 Å². The van der Waals surface area contributed by atoms with E-state index in [1.807, 2.05) is 12.4 Å². The highest BCUT2D eigenvalue weighted by Crippen LogP contribution is 2.20. The van der Waals surface area contributed by atoms with E-state index in [1.165, 1.54) is 11.3 Å². The van der Waals surface area contributed by atoms with Crippen LogP contribution in [0.4, 0.5) is 0 Å². The standard InChI is InChI=1S/C16H21N5O2S/c1-21-8-4-13(22)12(9-21)15(23)19-7-3-11-10-24-16(20-11)14-17-5-2-6-18-14/h2,5-6,10,12-13,22H,3-4,7-9H2,1H3,(H,19,23)/t12-,13+/m1/s1. The molecule has 0 radical (unpaired) electrons. The SMILES string of the molecule is CN1CC[C@H](O)[C@H](C(=O)NCCc2csc(-c3ncccn3)n2)C1. The Morgan fingerprint density at radius 3 is 3.04 bits per heavy atom. The Morgan fingerprint density at radius 1 is 1.46 bits per heavy atom. The molecule has 2 atom stereocenters. The predicted molar refractivity (Wildman–Crippen MR) is 91.5 cm³/mol. The quantitative estimate of drug-likeness (QED) is 0.822. The second-order valence-corrected chi connectivity index (χ2v) is 6.84. The second kappa shape index (κ2) is 7.78. The highest BCUT2D eigenvalue weighted by Gasteiger charge is 2.31. The minimum atomic E-state index is -0.553. The average molecular weight is 347 g/mol. The molecule has 0 aliphatic carbocycles. The molecule has 1 saturated heterocycles. The summed E-state index contributed by atoms with van der Waals surface area (Å²) >= 11 is 1.49. The molecule has 1 amide bonds. The fraction of sp³-hybridized carbons (Fsp3) is 0.500. The molecule has 7 nitrogen and oxygen atoms in total. The third-order valence-electron chi connectivity index (χ3n) is 4.11. The fourth-order valence-electron chi connectivity index (χ4n) is 2.74. The van der Waals surface area contributed by atoms with Gasteiger partial charge in [0.25, 0.3) is 0 Å². The van der Waals surface area contributed by atoms with Crippen molar-refractivity contribution in [3.05, 3.63) is 29.5 Å². The molecule has 0 spiro atoms. The molecule has 8 heteroatoms. The van der Waals surface area contributed by atoms with Crippen LogP contribution < -0.4 is 5.32 Å². The maximum atomic E-state index is 12.2. The summed E-state index contributed by atoms with van der Waals surface area (Å²) in [6, 6.07) is 1.77. The number of amides is 1. The van der Waals surface area contributed by atoms with E-state index < -0.39 is 6.10 Å². The van der Waals surface area contributed by atoms with Crippen molar-refractivity contribution in [3.63, 3.8) is 0 Å². The topological polar surface area (TPSA) is 91.2 Å². The number of thiazole rings is 1. The number of aliphatic hydroxyl groups excluding tert-OH is 1. The summed E-state index contributed by atoms with van der Waals surface area (Å²) in [6.45, 7) is 1.93. The van der Waals surface area contributed by atoms with Crippen LogP contribution >= 0.6 is 11.3 Å². The molecule has 128 valence electrons. The highest BCUT2D eigenvalue weighted by molar-refractivity contribution is 7.13. The van der Waals surface area contributed by atoms with E-state index in [9.17, 15) is 9.90 Å². The third kappa shape index (κ3) is 4.14. The lowest BCUT2D eigenvalue weighted by Gasteiger charge is -2.32. The second-order valence-electron chi connectivity index (χ2n) is 5.98. The van der Waals surface area contributed by atoms with Crippen molar-refractivity contribution in [2.75, 3.05) is 26.7 Å². The smallest absolute Gasteiger partial charge is 0.227 e. The van der Waals surface area contributed by atoms with Crippen molar-refractivity contribution in [1.29, 1.82) is 0 Å². The van der Waals surface area contributed by atoms with Gasteiger partial charge in [-0.1, -0.05) is 0 Å². The molecule has 3 heterocycles. The zero-order chi connectivity index (χ0) is 16.9. The van der Waals surface area contributed by atoms with Crippen LogP contribution in [0.3, 0.4) is 0 Å². The van der Waals surface area contributed by atoms with Crippen LogP contribution in [0.2, 0.25) is 0 Å². The molecule has 0 aromatic carbocycles. The number of aliphatic hydroxyl groups is 1. The van der Waals surface area contributed by atoms with Crippen LogP contribution in [0.5, 0.6) is 0 Å². The number of carbonyl (C=O) groups is 1. The number of carbonyl (C=O) groups excluding carboxylic acids is 1. The Labute approximate surface area is 144 Å². The lowest BCUT2D eigenvalue weighted by molar-refractivity contribution is -0.131. The Morgan fingerprint density at radius 2 is 2.25 bits per heavy atom. The van der Waals surface area contributed by atoms with Crippen molar-refractivity contribution in [3.8, 4) is 10.8 Å². The monoisotopic (exact) mass is 347 g/mol. The van der Waals surface area contributed by atoms with E-state index in [1.54, 1.807) is 18.5 Å². The molecule has 1 aliphatic heterocycles. The number of hydrogen-bond acceptors (Lipinski definition) is 7. The Bertz CT molecular complexity index is 678. The van der Waals surface area contributed by atoms with Gasteiger partial charge >= 0.3 is 0 Å². The summed E-state index contributed by atoms with van der Waals surface area (Å²) in [6.07, 6.45) is 4.11. The molecule has 1 fully saturated rings. The highest BCUT2D eigenvalue weighted by atomic mass is 32.1. The minimum Gasteiger partial charge on any atom is -0.392 e. The van der Waals surface area contributed by atoms with Crippen molar-refractivity contribution in [1.82, 2.24) is 25.2 Å². The summed E-state index contributed by atoms with van der Waals surface area (Å²) in [7, 11) is 1.97. The van der Waals surface area contributed by atoms with Gasteiger partial charge in [-0.15, -0.1) is 11.3 Å². The number of nitrogens with one attached hydrogen (secondary N) is 1. The van der Waals surface area contributed by atoms with Crippen molar-refractivity contribution >= 4 is 17.2 Å². The third-order valence-corrected chi connectivity index (χ3v) is 4.99. The molecule has 1 aliphatic rings. The summed E-state index contributed by atoms with van der Waals surface area (Å²) in [5.41, 5.74) is 0.907. The summed E-state index contributed by atoms with van der Waals surface area (Å²) in [4.78, 5) is 27.2. The van der Waals surface area contributed by atoms with Gasteiger partial charge < -0.3 is 15.3 Å². The average Bonchev–Trinajstić information content (AvgIpc) is 3.06. The van der Waals surface area contributed by atoms with Crippen molar-refractivity contribution in [2.24, 2.45) is 5.92 Å². The predicted octanol–water partition coefficient (Wildman–Crippen LogP) is 0.571. The van der Waals surface area contributed by atoms with Gasteiger partial charge in [0.1, 0.15) is 0 Å². The molecule has 3 rings (SSSR count). The lowest BCUT2D eigenvalue weighted by Crippen LogP contribution is -2.49. The van der Waals surface area contributed by atoms with E-state index in [4.69, 9.17) is 0 Å². The van der Waals surface area contributed by atoms with E-state index in [-0.39, 0.29) is 11.8 Å². The first-order valence-electron chi connectivity index (χ1n) is 7.99. The fourth-order valence-corrected chi connectivity index (χ4v) is 3.54. The van der Waals surface area contributed by atoms with Crippen LogP contribution in [-0.4, -0.2) is 63.7 Å². The summed E-state index contributed by atoms with van der Waals surface area (Å²) in [5.74, 6) is 0.175. The van der Waals surface area contributed by atoms with Gasteiger partial charge in [0.05, 0.1) is 17.7 Å². The van der Waals surface area contributed by atoms with Gasteiger partial charge in [0, 0.05) is 43.8 Å². The normalized spacial score (nSPS) is 21.6. The summed E-state index contributed by atoms with van der Waals surface area (Å²) < 4.78 is 0. The maximum Gasteiger partial charge on any atom is 0.227 e. The van der Waals surface area contributed by atoms with Crippen molar-refractivity contribution < 1.29 is 9.90 Å². The van der Waals surface area contributed by atoms with Crippen LogP contribution in [0.1, 0.15) is 12.1 Å². The first kappa shape index (κ1) is 16.9. The first-order chi connectivity index (χ1) is 11.6. The molecule has 0 saturated carbocycles. The van der Waals surface area contributed by atoms with E-state index in [2.05, 4.69) is 25.2 Å². The molecular formula is C16H21N5O2S. The number of nitrogens with zero attached hydrogens (tertiary/aromatic N) is 4. The van der Waals surface area contributed by atoms with Crippen LogP contribution in [0, 0.1) is 5.92 Å². The zero-order valence-electron chi connectivity index (χ0n) is 13.6. The van der Waals surface area contributed by atoms with Gasteiger partial charge in [0.15, 0.2) is 10.8 Å². The van der Waals surface area contributed by atoms with E-state index in [0.29, 0.717) is 31.8 Å². The largest absolute Gasteiger partial charge is 0.392 e. The van der Waals surface area contributed by atoms with Gasteiger partial charge in [-0.3, -0.25) is 4.79 Å². The van der Waals surface area contributed by atoms with Gasteiger partial charge in [-0.2, -0.15) is 0 Å². The molecule has 24 heavy (non-hydrogen) atoms. The Hall–Kier alpha value is -1.90. The first-order valence-corrected chi connectivity index (χ1v) is 8.87. The number of piperidine rings is 1. The zero-order valence-corrected chi connectivity index (χ0v) is 14.4. The summed E-state index contributed by atoms with van der Waals surface area (Å²) in [5, 5.41) is 15.6. The number of rotatable bonds is 5. The van der Waals surface area contributed by atoms with Crippen LogP contribution in [-0.2, 0) is 11.2 Å². The Kier molecular flexibility index (Phi) is 5.49. The lowest BCUT2D eigenvalue weighted by atomic mass is 9.94. The van der Waals surface area contributed by atoms with Crippen LogP contribution in [0.15, 0.2) is 23.8 Å². The molecule has 0 bridgehead atoms. The van der Waals surface area contributed by atoms with E-state index >= 15 is 0 Å².